The number of piperidine rings is 1. The molecule has 8 heteroatoms. The first-order valence-corrected chi connectivity index (χ1v) is 9.96. The van der Waals surface area contributed by atoms with Gasteiger partial charge in [0, 0.05) is 19.3 Å². The fourth-order valence-corrected chi connectivity index (χ4v) is 4.48. The first-order valence-electron chi connectivity index (χ1n) is 7.87. The van der Waals surface area contributed by atoms with Crippen LogP contribution in [0.1, 0.15) is 39.2 Å². The number of amides is 1. The number of likely N-dealkylation sites (tertiary alicyclic amines) is 1. The molecule has 1 aromatic rings. The predicted octanol–water partition coefficient (Wildman–Crippen LogP) is 3.05. The molecule has 1 aliphatic heterocycles. The molecule has 0 radical (unpaired) electrons. The van der Waals surface area contributed by atoms with E-state index < -0.39 is 20.7 Å². The fourth-order valence-electron chi connectivity index (χ4n) is 2.57. The zero-order valence-corrected chi connectivity index (χ0v) is 15.7. The minimum atomic E-state index is -3.30. The summed E-state index contributed by atoms with van der Waals surface area (Å²) in [6.45, 7) is 6.20. The van der Waals surface area contributed by atoms with Crippen molar-refractivity contribution < 1.29 is 17.9 Å². The predicted molar refractivity (Wildman–Crippen MR) is 92.7 cm³/mol. The number of hydrogen-bond donors (Lipinski definition) is 0. The molecule has 0 aliphatic carbocycles. The number of hydrogen-bond acceptors (Lipinski definition) is 5. The van der Waals surface area contributed by atoms with Gasteiger partial charge in [0.15, 0.2) is 9.84 Å². The van der Waals surface area contributed by atoms with Crippen LogP contribution in [0.15, 0.2) is 18.3 Å². The van der Waals surface area contributed by atoms with Gasteiger partial charge < -0.3 is 9.64 Å². The highest BCUT2D eigenvalue weighted by Crippen LogP contribution is 2.23. The van der Waals surface area contributed by atoms with Crippen LogP contribution in [-0.2, 0) is 20.3 Å². The number of halogens is 1. The number of ether oxygens (including phenoxy) is 1. The lowest BCUT2D eigenvalue weighted by Crippen LogP contribution is -2.44. The molecule has 1 fully saturated rings. The van der Waals surface area contributed by atoms with E-state index in [0.717, 1.165) is 0 Å². The van der Waals surface area contributed by atoms with Crippen molar-refractivity contribution in [2.75, 3.05) is 13.1 Å². The number of rotatable bonds is 3. The van der Waals surface area contributed by atoms with E-state index >= 15 is 0 Å². The molecule has 1 saturated heterocycles. The van der Waals surface area contributed by atoms with E-state index in [1.165, 1.54) is 6.20 Å². The Morgan fingerprint density at radius 1 is 1.33 bits per heavy atom. The summed E-state index contributed by atoms with van der Waals surface area (Å²) in [5, 5.41) is -0.117. The maximum atomic E-state index is 12.5. The molecule has 0 spiro atoms. The Labute approximate surface area is 148 Å². The van der Waals surface area contributed by atoms with Crippen LogP contribution in [0.3, 0.4) is 0 Å². The van der Waals surface area contributed by atoms with Gasteiger partial charge in [0.25, 0.3) is 0 Å². The number of sulfone groups is 1. The number of aromatic nitrogens is 1. The second kappa shape index (κ2) is 7.27. The standard InChI is InChI=1S/C16H23ClN2O4S/c1-16(2,3)23-15(20)19-8-6-13(7-9-19)24(21,22)11-12-4-5-14(17)18-10-12/h4-5,10,13H,6-9,11H2,1-3H3. The molecule has 0 atom stereocenters. The Kier molecular flexibility index (Phi) is 5.75. The average Bonchev–Trinajstić information content (AvgIpc) is 2.48. The first-order chi connectivity index (χ1) is 11.1. The lowest BCUT2D eigenvalue weighted by atomic mass is 10.1. The lowest BCUT2D eigenvalue weighted by Gasteiger charge is -2.33. The molecule has 134 valence electrons. The van der Waals surface area contributed by atoms with Gasteiger partial charge in [-0.3, -0.25) is 0 Å². The van der Waals surface area contributed by atoms with Crippen molar-refractivity contribution in [3.05, 3.63) is 29.0 Å². The van der Waals surface area contributed by atoms with Gasteiger partial charge in [0.1, 0.15) is 10.8 Å². The van der Waals surface area contributed by atoms with Crippen LogP contribution in [0.25, 0.3) is 0 Å². The van der Waals surface area contributed by atoms with Crippen LogP contribution in [0.5, 0.6) is 0 Å². The van der Waals surface area contributed by atoms with Crippen molar-refractivity contribution in [3.8, 4) is 0 Å². The van der Waals surface area contributed by atoms with E-state index in [1.54, 1.807) is 17.0 Å². The third-order valence-electron chi connectivity index (χ3n) is 3.76. The van der Waals surface area contributed by atoms with Crippen molar-refractivity contribution in [2.24, 2.45) is 0 Å². The molecule has 6 nitrogen and oxygen atoms in total. The van der Waals surface area contributed by atoms with Crippen LogP contribution in [0.4, 0.5) is 4.79 Å². The summed E-state index contributed by atoms with van der Waals surface area (Å²) in [5.74, 6) is -0.0612. The molecular formula is C16H23ClN2O4S. The highest BCUT2D eigenvalue weighted by atomic mass is 35.5. The molecule has 0 saturated carbocycles. The zero-order valence-electron chi connectivity index (χ0n) is 14.2. The van der Waals surface area contributed by atoms with E-state index in [2.05, 4.69) is 4.98 Å². The van der Waals surface area contributed by atoms with E-state index in [4.69, 9.17) is 16.3 Å². The van der Waals surface area contributed by atoms with Gasteiger partial charge in [-0.1, -0.05) is 17.7 Å². The topological polar surface area (TPSA) is 76.6 Å². The van der Waals surface area contributed by atoms with Gasteiger partial charge in [-0.2, -0.15) is 0 Å². The smallest absolute Gasteiger partial charge is 0.410 e. The summed E-state index contributed by atoms with van der Waals surface area (Å²) in [7, 11) is -3.30. The minimum Gasteiger partial charge on any atom is -0.444 e. The Morgan fingerprint density at radius 2 is 1.96 bits per heavy atom. The molecule has 2 heterocycles. The molecule has 0 bridgehead atoms. The van der Waals surface area contributed by atoms with Crippen molar-refractivity contribution >= 4 is 27.5 Å². The third-order valence-corrected chi connectivity index (χ3v) is 6.20. The second-order valence-electron chi connectivity index (χ2n) is 6.96. The quantitative estimate of drug-likeness (QED) is 0.760. The van der Waals surface area contributed by atoms with E-state index in [1.807, 2.05) is 20.8 Å². The van der Waals surface area contributed by atoms with Crippen LogP contribution >= 0.6 is 11.6 Å². The Hall–Kier alpha value is -1.34. The summed E-state index contributed by atoms with van der Waals surface area (Å²) in [6.07, 6.45) is 1.93. The molecule has 24 heavy (non-hydrogen) atoms. The molecule has 1 aromatic heterocycles. The van der Waals surface area contributed by atoms with E-state index in [0.29, 0.717) is 36.6 Å². The van der Waals surface area contributed by atoms with Gasteiger partial charge in [0.2, 0.25) is 0 Å². The summed E-state index contributed by atoms with van der Waals surface area (Å²) >= 11 is 5.71. The van der Waals surface area contributed by atoms with Crippen LogP contribution < -0.4 is 0 Å². The van der Waals surface area contributed by atoms with Crippen molar-refractivity contribution in [3.63, 3.8) is 0 Å². The SMILES string of the molecule is CC(C)(C)OC(=O)N1CCC(S(=O)(=O)Cc2ccc(Cl)nc2)CC1. The second-order valence-corrected chi connectivity index (χ2v) is 9.63. The average molecular weight is 375 g/mol. The highest BCUT2D eigenvalue weighted by molar-refractivity contribution is 7.91. The Morgan fingerprint density at radius 3 is 2.46 bits per heavy atom. The van der Waals surface area contributed by atoms with Gasteiger partial charge in [-0.25, -0.2) is 18.2 Å². The maximum Gasteiger partial charge on any atom is 0.410 e. The normalized spacial score (nSPS) is 16.9. The highest BCUT2D eigenvalue weighted by Gasteiger charge is 2.33. The molecule has 2 rings (SSSR count). The van der Waals surface area contributed by atoms with Crippen LogP contribution in [0, 0.1) is 0 Å². The summed E-state index contributed by atoms with van der Waals surface area (Å²) in [5.41, 5.74) is 0.0654. The summed E-state index contributed by atoms with van der Waals surface area (Å²) in [4.78, 5) is 17.5. The summed E-state index contributed by atoms with van der Waals surface area (Å²) < 4.78 is 30.4. The van der Waals surface area contributed by atoms with Crippen LogP contribution in [-0.4, -0.2) is 48.3 Å². The molecule has 0 N–H and O–H groups in total. The molecule has 1 aliphatic rings. The third kappa shape index (κ3) is 5.34. The fraction of sp³-hybridized carbons (Fsp3) is 0.625. The largest absolute Gasteiger partial charge is 0.444 e. The number of carbonyl (C=O) groups is 1. The van der Waals surface area contributed by atoms with E-state index in [-0.39, 0.29) is 11.8 Å². The van der Waals surface area contributed by atoms with Crippen molar-refractivity contribution in [1.82, 2.24) is 9.88 Å². The first kappa shape index (κ1) is 19.0. The summed E-state index contributed by atoms with van der Waals surface area (Å²) in [6, 6.07) is 3.25. The van der Waals surface area contributed by atoms with Crippen LogP contribution in [0.2, 0.25) is 5.15 Å². The van der Waals surface area contributed by atoms with Gasteiger partial charge >= 0.3 is 6.09 Å². The molecule has 1 amide bonds. The molecule has 0 unspecified atom stereocenters. The van der Waals surface area contributed by atoms with Gasteiger partial charge in [-0.15, -0.1) is 0 Å². The van der Waals surface area contributed by atoms with Gasteiger partial charge in [-0.05, 0) is 45.2 Å². The number of nitrogens with zero attached hydrogens (tertiary/aromatic N) is 2. The zero-order chi connectivity index (χ0) is 18.0. The van der Waals surface area contributed by atoms with Crippen molar-refractivity contribution in [2.45, 2.75) is 50.2 Å². The maximum absolute atomic E-state index is 12.5. The Balaban J connectivity index is 1.93. The number of pyridine rings is 1. The monoisotopic (exact) mass is 374 g/mol. The van der Waals surface area contributed by atoms with Crippen molar-refractivity contribution in [1.29, 1.82) is 0 Å². The Bertz CT molecular complexity index is 675. The number of carbonyl (C=O) groups excluding carboxylic acids is 1. The lowest BCUT2D eigenvalue weighted by molar-refractivity contribution is 0.0217. The van der Waals surface area contributed by atoms with Gasteiger partial charge in [0.05, 0.1) is 11.0 Å². The minimum absolute atomic E-state index is 0.0612. The van der Waals surface area contributed by atoms with E-state index in [9.17, 15) is 13.2 Å². The molecular weight excluding hydrogens is 352 g/mol. The molecule has 0 aromatic carbocycles.